The Hall–Kier alpha value is -1.93. The smallest absolute Gasteiger partial charge is 0.106 e. The molecule has 2 aromatic carbocycles. The Labute approximate surface area is 113 Å². The van der Waals surface area contributed by atoms with E-state index in [4.69, 9.17) is 12.2 Å². The molecule has 0 atom stereocenters. The fourth-order valence-electron chi connectivity index (χ4n) is 1.60. The molecular weight excluding hydrogens is 238 g/mol. The minimum absolute atomic E-state index is 0.739. The van der Waals surface area contributed by atoms with Gasteiger partial charge in [0.1, 0.15) is 4.99 Å². The van der Waals surface area contributed by atoms with Crippen molar-refractivity contribution >= 4 is 23.3 Å². The monoisotopic (exact) mass is 253 g/mol. The summed E-state index contributed by atoms with van der Waals surface area (Å²) in [4.78, 5) is 0.785. The molecule has 2 aromatic rings. The van der Waals surface area contributed by atoms with E-state index in [1.54, 1.807) is 0 Å². The highest BCUT2D eigenvalue weighted by Crippen LogP contribution is 2.01. The Morgan fingerprint density at radius 2 is 1.56 bits per heavy atom. The van der Waals surface area contributed by atoms with Gasteiger partial charge in [0.25, 0.3) is 0 Å². The van der Waals surface area contributed by atoms with Gasteiger partial charge in [-0.3, -0.25) is 0 Å². The van der Waals surface area contributed by atoms with Crippen LogP contribution in [0.1, 0.15) is 11.1 Å². The van der Waals surface area contributed by atoms with Crippen molar-refractivity contribution in [1.82, 2.24) is 5.32 Å². The van der Waals surface area contributed by atoms with Gasteiger partial charge in [-0.05, 0) is 5.56 Å². The van der Waals surface area contributed by atoms with Crippen LogP contribution in [-0.2, 0) is 0 Å². The molecule has 0 unspecified atom stereocenters. The molecule has 18 heavy (non-hydrogen) atoms. The van der Waals surface area contributed by atoms with Crippen LogP contribution in [0.4, 0.5) is 0 Å². The summed E-state index contributed by atoms with van der Waals surface area (Å²) < 4.78 is 0. The third kappa shape index (κ3) is 3.82. The molecule has 0 radical (unpaired) electrons. The number of nitrogens with one attached hydrogen (secondary N) is 1. The summed E-state index contributed by atoms with van der Waals surface area (Å²) in [6.07, 6.45) is 4.16. The normalized spacial score (nSPS) is 10.4. The van der Waals surface area contributed by atoms with E-state index in [0.29, 0.717) is 0 Å². The minimum atomic E-state index is 0.739. The molecular formula is C16H15NS. The number of hydrogen-bond donors (Lipinski definition) is 1. The summed E-state index contributed by atoms with van der Waals surface area (Å²) in [5.41, 5.74) is 2.26. The van der Waals surface area contributed by atoms with Crippen LogP contribution in [0.2, 0.25) is 0 Å². The molecule has 0 bridgehead atoms. The third-order valence-electron chi connectivity index (χ3n) is 2.53. The summed E-state index contributed by atoms with van der Waals surface area (Å²) in [6, 6.07) is 20.2. The zero-order valence-corrected chi connectivity index (χ0v) is 10.9. The fourth-order valence-corrected chi connectivity index (χ4v) is 1.82. The van der Waals surface area contributed by atoms with Crippen LogP contribution >= 0.6 is 12.2 Å². The number of hydrogen-bond acceptors (Lipinski definition) is 1. The summed E-state index contributed by atoms with van der Waals surface area (Å²) in [7, 11) is 0. The maximum Gasteiger partial charge on any atom is 0.106 e. The van der Waals surface area contributed by atoms with Crippen LogP contribution in [0.15, 0.2) is 66.7 Å². The molecule has 0 saturated carbocycles. The average molecular weight is 253 g/mol. The summed E-state index contributed by atoms with van der Waals surface area (Å²) in [5, 5.41) is 3.21. The SMILES string of the molecule is S=C(NCC=Cc1ccccc1)c1ccccc1. The first kappa shape index (κ1) is 12.5. The zero-order valence-electron chi connectivity index (χ0n) is 10.0. The van der Waals surface area contributed by atoms with Crippen LogP contribution in [0, 0.1) is 0 Å². The van der Waals surface area contributed by atoms with Crippen molar-refractivity contribution in [3.05, 3.63) is 77.9 Å². The van der Waals surface area contributed by atoms with Gasteiger partial charge < -0.3 is 5.32 Å². The van der Waals surface area contributed by atoms with Gasteiger partial charge in [-0.15, -0.1) is 0 Å². The predicted molar refractivity (Wildman–Crippen MR) is 81.6 cm³/mol. The largest absolute Gasteiger partial charge is 0.372 e. The van der Waals surface area contributed by atoms with E-state index in [9.17, 15) is 0 Å². The molecule has 0 fully saturated rings. The van der Waals surface area contributed by atoms with Crippen molar-refractivity contribution in [3.8, 4) is 0 Å². The molecule has 0 aliphatic heterocycles. The number of thiocarbonyl (C=S) groups is 1. The minimum Gasteiger partial charge on any atom is -0.372 e. The Kier molecular flexibility index (Phi) is 4.68. The molecule has 0 heterocycles. The molecule has 90 valence electrons. The van der Waals surface area contributed by atoms with Crippen LogP contribution in [0.25, 0.3) is 6.08 Å². The topological polar surface area (TPSA) is 12.0 Å². The van der Waals surface area contributed by atoms with Crippen molar-refractivity contribution in [2.24, 2.45) is 0 Å². The van der Waals surface area contributed by atoms with Gasteiger partial charge in [-0.2, -0.15) is 0 Å². The van der Waals surface area contributed by atoms with Gasteiger partial charge in [0, 0.05) is 12.1 Å². The Morgan fingerprint density at radius 1 is 0.944 bits per heavy atom. The maximum absolute atomic E-state index is 5.31. The van der Waals surface area contributed by atoms with Gasteiger partial charge in [0.05, 0.1) is 0 Å². The third-order valence-corrected chi connectivity index (χ3v) is 2.91. The first-order valence-corrected chi connectivity index (χ1v) is 6.32. The Bertz CT molecular complexity index is 517. The standard InChI is InChI=1S/C16H15NS/c18-16(15-11-5-2-6-12-15)17-13-7-10-14-8-3-1-4-9-14/h1-12H,13H2,(H,17,18). The molecule has 1 nitrogen and oxygen atoms in total. The van der Waals surface area contributed by atoms with Gasteiger partial charge in [0.2, 0.25) is 0 Å². The van der Waals surface area contributed by atoms with Crippen LogP contribution in [0.5, 0.6) is 0 Å². The highest BCUT2D eigenvalue weighted by Gasteiger charge is 1.96. The summed E-state index contributed by atoms with van der Waals surface area (Å²) in [6.45, 7) is 0.739. The van der Waals surface area contributed by atoms with Crippen LogP contribution in [-0.4, -0.2) is 11.5 Å². The molecule has 0 spiro atoms. The Balaban J connectivity index is 1.83. The average Bonchev–Trinajstić information content (AvgIpc) is 2.45. The molecule has 2 rings (SSSR count). The van der Waals surface area contributed by atoms with E-state index in [-0.39, 0.29) is 0 Å². The molecule has 1 N–H and O–H groups in total. The van der Waals surface area contributed by atoms with Crippen molar-refractivity contribution in [2.45, 2.75) is 0 Å². The van der Waals surface area contributed by atoms with Crippen LogP contribution in [0.3, 0.4) is 0 Å². The van der Waals surface area contributed by atoms with Gasteiger partial charge in [0.15, 0.2) is 0 Å². The van der Waals surface area contributed by atoms with E-state index >= 15 is 0 Å². The summed E-state index contributed by atoms with van der Waals surface area (Å²) >= 11 is 5.31. The lowest BCUT2D eigenvalue weighted by Crippen LogP contribution is -2.21. The number of rotatable bonds is 4. The maximum atomic E-state index is 5.31. The lowest BCUT2D eigenvalue weighted by molar-refractivity contribution is 1.07. The van der Waals surface area contributed by atoms with Crippen molar-refractivity contribution in [2.75, 3.05) is 6.54 Å². The summed E-state index contributed by atoms with van der Waals surface area (Å²) in [5.74, 6) is 0. The van der Waals surface area contributed by atoms with E-state index in [0.717, 1.165) is 17.1 Å². The number of benzene rings is 2. The zero-order chi connectivity index (χ0) is 12.6. The van der Waals surface area contributed by atoms with Crippen molar-refractivity contribution < 1.29 is 0 Å². The van der Waals surface area contributed by atoms with E-state index in [1.165, 1.54) is 5.56 Å². The van der Waals surface area contributed by atoms with E-state index < -0.39 is 0 Å². The van der Waals surface area contributed by atoms with E-state index in [1.807, 2.05) is 48.5 Å². The van der Waals surface area contributed by atoms with Crippen LogP contribution < -0.4 is 5.32 Å². The molecule has 0 saturated heterocycles. The first-order valence-electron chi connectivity index (χ1n) is 5.91. The fraction of sp³-hybridized carbons (Fsp3) is 0.0625. The molecule has 0 aromatic heterocycles. The van der Waals surface area contributed by atoms with Gasteiger partial charge in [-0.25, -0.2) is 0 Å². The molecule has 2 heteroatoms. The van der Waals surface area contributed by atoms with Gasteiger partial charge >= 0.3 is 0 Å². The highest BCUT2D eigenvalue weighted by atomic mass is 32.1. The molecule has 0 aliphatic rings. The highest BCUT2D eigenvalue weighted by molar-refractivity contribution is 7.80. The lowest BCUT2D eigenvalue weighted by atomic mass is 10.2. The first-order chi connectivity index (χ1) is 8.86. The quantitative estimate of drug-likeness (QED) is 0.834. The van der Waals surface area contributed by atoms with Gasteiger partial charge in [-0.1, -0.05) is 85.0 Å². The Morgan fingerprint density at radius 3 is 2.22 bits per heavy atom. The second-order valence-corrected chi connectivity index (χ2v) is 4.30. The van der Waals surface area contributed by atoms with Crippen molar-refractivity contribution in [3.63, 3.8) is 0 Å². The molecule has 0 amide bonds. The second-order valence-electron chi connectivity index (χ2n) is 3.89. The lowest BCUT2D eigenvalue weighted by Gasteiger charge is -2.04. The van der Waals surface area contributed by atoms with E-state index in [2.05, 4.69) is 29.6 Å². The second kappa shape index (κ2) is 6.72. The predicted octanol–water partition coefficient (Wildman–Crippen LogP) is 3.67. The molecule has 0 aliphatic carbocycles. The van der Waals surface area contributed by atoms with Crippen molar-refractivity contribution in [1.29, 1.82) is 0 Å².